The molecule has 0 amide bonds. The second-order valence-corrected chi connectivity index (χ2v) is 5.80. The van der Waals surface area contributed by atoms with Crippen molar-refractivity contribution < 1.29 is 13.9 Å². The first-order chi connectivity index (χ1) is 8.87. The fraction of sp³-hybridized carbons (Fsp3) is 0.500. The van der Waals surface area contributed by atoms with Crippen molar-refractivity contribution in [2.75, 3.05) is 6.61 Å². The van der Waals surface area contributed by atoms with E-state index < -0.39 is 5.82 Å². The Morgan fingerprint density at radius 2 is 2.32 bits per heavy atom. The van der Waals surface area contributed by atoms with E-state index in [0.29, 0.717) is 12.2 Å². The van der Waals surface area contributed by atoms with Gasteiger partial charge in [0, 0.05) is 5.56 Å². The zero-order valence-corrected chi connectivity index (χ0v) is 11.9. The molecule has 1 atom stereocenters. The third kappa shape index (κ3) is 3.64. The summed E-state index contributed by atoms with van der Waals surface area (Å²) < 4.78 is 25.0. The van der Waals surface area contributed by atoms with Crippen molar-refractivity contribution in [1.82, 2.24) is 0 Å². The molecule has 1 aliphatic heterocycles. The maximum absolute atomic E-state index is 13.8. The maximum atomic E-state index is 13.8. The van der Waals surface area contributed by atoms with Crippen molar-refractivity contribution in [2.24, 2.45) is 5.73 Å². The minimum atomic E-state index is -0.456. The molecule has 1 saturated heterocycles. The smallest absolute Gasteiger partial charge is 0.165 e. The fourth-order valence-corrected chi connectivity index (χ4v) is 2.28. The van der Waals surface area contributed by atoms with Gasteiger partial charge >= 0.3 is 0 Å². The van der Waals surface area contributed by atoms with Gasteiger partial charge in [0.05, 0.1) is 11.7 Å². The fourth-order valence-electron chi connectivity index (χ4n) is 2.15. The van der Waals surface area contributed by atoms with Crippen LogP contribution < -0.4 is 10.5 Å². The number of rotatable bonds is 4. The van der Waals surface area contributed by atoms with E-state index in [2.05, 4.69) is 0 Å². The van der Waals surface area contributed by atoms with Crippen molar-refractivity contribution in [3.8, 4) is 5.75 Å². The molecular formula is C14H18FNO2S. The molecule has 5 heteroatoms. The van der Waals surface area contributed by atoms with Gasteiger partial charge in [0.15, 0.2) is 11.6 Å². The number of halogens is 1. The molecule has 1 aromatic carbocycles. The van der Waals surface area contributed by atoms with Gasteiger partial charge in [-0.05, 0) is 44.9 Å². The van der Waals surface area contributed by atoms with Crippen LogP contribution in [0.5, 0.6) is 5.75 Å². The third-order valence-electron chi connectivity index (χ3n) is 3.20. The van der Waals surface area contributed by atoms with Crippen LogP contribution in [0.15, 0.2) is 18.2 Å². The largest absolute Gasteiger partial charge is 0.488 e. The zero-order chi connectivity index (χ0) is 14.0. The predicted octanol–water partition coefficient (Wildman–Crippen LogP) is 2.80. The monoisotopic (exact) mass is 283 g/mol. The molecule has 3 nitrogen and oxygen atoms in total. The first-order valence-electron chi connectivity index (χ1n) is 6.27. The van der Waals surface area contributed by atoms with Gasteiger partial charge in [-0.1, -0.05) is 12.2 Å². The third-order valence-corrected chi connectivity index (χ3v) is 3.43. The SMILES string of the molecule is CC1(C)CCC(COc2ccc(C(N)=S)cc2F)O1. The molecule has 2 N–H and O–H groups in total. The molecule has 1 heterocycles. The molecule has 1 aromatic rings. The van der Waals surface area contributed by atoms with Crippen LogP contribution >= 0.6 is 12.2 Å². The highest BCUT2D eigenvalue weighted by Crippen LogP contribution is 2.30. The number of benzene rings is 1. The molecular weight excluding hydrogens is 265 g/mol. The first-order valence-corrected chi connectivity index (χ1v) is 6.68. The molecule has 104 valence electrons. The molecule has 1 unspecified atom stereocenters. The molecule has 0 aliphatic carbocycles. The molecule has 2 rings (SSSR count). The molecule has 0 bridgehead atoms. The van der Waals surface area contributed by atoms with Gasteiger partial charge in [0.25, 0.3) is 0 Å². The van der Waals surface area contributed by atoms with Gasteiger partial charge in [-0.2, -0.15) is 0 Å². The van der Waals surface area contributed by atoms with Crippen molar-refractivity contribution in [1.29, 1.82) is 0 Å². The normalized spacial score (nSPS) is 21.3. The van der Waals surface area contributed by atoms with E-state index >= 15 is 0 Å². The molecule has 0 spiro atoms. The minimum Gasteiger partial charge on any atom is -0.488 e. The Labute approximate surface area is 117 Å². The van der Waals surface area contributed by atoms with Gasteiger partial charge in [-0.25, -0.2) is 4.39 Å². The van der Waals surface area contributed by atoms with E-state index in [-0.39, 0.29) is 22.4 Å². The van der Waals surface area contributed by atoms with Crippen LogP contribution in [0.2, 0.25) is 0 Å². The summed E-state index contributed by atoms with van der Waals surface area (Å²) in [6, 6.07) is 4.49. The zero-order valence-electron chi connectivity index (χ0n) is 11.1. The van der Waals surface area contributed by atoms with Crippen LogP contribution in [-0.2, 0) is 4.74 Å². The molecule has 0 saturated carbocycles. The summed E-state index contributed by atoms with van der Waals surface area (Å²) in [7, 11) is 0. The summed E-state index contributed by atoms with van der Waals surface area (Å²) in [6.07, 6.45) is 1.94. The standard InChI is InChI=1S/C14H18FNO2S/c1-14(2)6-5-10(18-14)8-17-12-4-3-9(13(16)19)7-11(12)15/h3-4,7,10H,5-6,8H2,1-2H3,(H2,16,19). The Kier molecular flexibility index (Phi) is 4.06. The maximum Gasteiger partial charge on any atom is 0.165 e. The Hall–Kier alpha value is -1.20. The molecule has 0 radical (unpaired) electrons. The van der Waals surface area contributed by atoms with Gasteiger partial charge in [0.1, 0.15) is 11.6 Å². The predicted molar refractivity (Wildman–Crippen MR) is 76.0 cm³/mol. The van der Waals surface area contributed by atoms with Gasteiger partial charge in [0.2, 0.25) is 0 Å². The summed E-state index contributed by atoms with van der Waals surface area (Å²) in [4.78, 5) is 0.173. The van der Waals surface area contributed by atoms with Crippen LogP contribution in [0.3, 0.4) is 0 Å². The van der Waals surface area contributed by atoms with Crippen molar-refractivity contribution in [3.63, 3.8) is 0 Å². The molecule has 1 fully saturated rings. The van der Waals surface area contributed by atoms with Crippen molar-refractivity contribution in [3.05, 3.63) is 29.6 Å². The minimum absolute atomic E-state index is 0.0182. The van der Waals surface area contributed by atoms with E-state index in [1.165, 1.54) is 6.07 Å². The lowest BCUT2D eigenvalue weighted by Crippen LogP contribution is -2.24. The van der Waals surface area contributed by atoms with Crippen LogP contribution in [0, 0.1) is 5.82 Å². The van der Waals surface area contributed by atoms with Crippen LogP contribution in [0.1, 0.15) is 32.3 Å². The van der Waals surface area contributed by atoms with E-state index in [9.17, 15) is 4.39 Å². The molecule has 1 aliphatic rings. The van der Waals surface area contributed by atoms with E-state index in [1.54, 1.807) is 12.1 Å². The molecule has 0 aromatic heterocycles. The summed E-state index contributed by atoms with van der Waals surface area (Å²) in [6.45, 7) is 4.45. The van der Waals surface area contributed by atoms with Crippen molar-refractivity contribution >= 4 is 17.2 Å². The highest BCUT2D eigenvalue weighted by atomic mass is 32.1. The van der Waals surface area contributed by atoms with Gasteiger partial charge < -0.3 is 15.2 Å². The number of hydrogen-bond donors (Lipinski definition) is 1. The second kappa shape index (κ2) is 5.43. The summed E-state index contributed by atoms with van der Waals surface area (Å²) >= 11 is 4.79. The lowest BCUT2D eigenvalue weighted by molar-refractivity contribution is -0.0330. The van der Waals surface area contributed by atoms with E-state index in [0.717, 1.165) is 12.8 Å². The number of ether oxygens (including phenoxy) is 2. The van der Waals surface area contributed by atoms with E-state index in [4.69, 9.17) is 27.4 Å². The van der Waals surface area contributed by atoms with Gasteiger partial charge in [-0.15, -0.1) is 0 Å². The highest BCUT2D eigenvalue weighted by Gasteiger charge is 2.32. The molecule has 19 heavy (non-hydrogen) atoms. The quantitative estimate of drug-likeness (QED) is 0.863. The van der Waals surface area contributed by atoms with Crippen LogP contribution in [0.4, 0.5) is 4.39 Å². The lowest BCUT2D eigenvalue weighted by Gasteiger charge is -2.19. The highest BCUT2D eigenvalue weighted by molar-refractivity contribution is 7.80. The topological polar surface area (TPSA) is 44.5 Å². The van der Waals surface area contributed by atoms with E-state index in [1.807, 2.05) is 13.8 Å². The first kappa shape index (κ1) is 14.2. The second-order valence-electron chi connectivity index (χ2n) is 5.36. The lowest BCUT2D eigenvalue weighted by atomic mass is 10.1. The Balaban J connectivity index is 1.95. The number of thiocarbonyl (C=S) groups is 1. The van der Waals surface area contributed by atoms with Crippen molar-refractivity contribution in [2.45, 2.75) is 38.4 Å². The Bertz CT molecular complexity index is 490. The average molecular weight is 283 g/mol. The number of nitrogens with two attached hydrogens (primary N) is 1. The van der Waals surface area contributed by atoms with Gasteiger partial charge in [-0.3, -0.25) is 0 Å². The number of hydrogen-bond acceptors (Lipinski definition) is 3. The van der Waals surface area contributed by atoms with Crippen LogP contribution in [0.25, 0.3) is 0 Å². The summed E-state index contributed by atoms with van der Waals surface area (Å²) in [5, 5.41) is 0. The summed E-state index contributed by atoms with van der Waals surface area (Å²) in [5.74, 6) is -0.254. The Morgan fingerprint density at radius 3 is 2.84 bits per heavy atom. The average Bonchev–Trinajstić information content (AvgIpc) is 2.67. The van der Waals surface area contributed by atoms with Crippen LogP contribution in [-0.4, -0.2) is 23.3 Å². The Morgan fingerprint density at radius 1 is 1.58 bits per heavy atom. The summed E-state index contributed by atoms with van der Waals surface area (Å²) in [5.41, 5.74) is 5.83.